The van der Waals surface area contributed by atoms with Gasteiger partial charge in [-0.1, -0.05) is 20.3 Å². The average Bonchev–Trinajstić information content (AvgIpc) is 2.77. The number of hydrogen-bond donors (Lipinski definition) is 1. The third-order valence-corrected chi connectivity index (χ3v) is 3.59. The van der Waals surface area contributed by atoms with Crippen LogP contribution in [0.2, 0.25) is 0 Å². The second-order valence-electron chi connectivity index (χ2n) is 5.01. The summed E-state index contributed by atoms with van der Waals surface area (Å²) in [6.07, 6.45) is 3.04. The molecule has 1 aliphatic heterocycles. The van der Waals surface area contributed by atoms with Crippen LogP contribution >= 0.6 is 0 Å². The Bertz CT molecular complexity index is 212. The topological polar surface area (TPSA) is 32.3 Å². The molecule has 94 valence electrons. The smallest absolute Gasteiger partial charge is 0.222 e. The molecule has 0 saturated carbocycles. The molecule has 0 aromatic heterocycles. The van der Waals surface area contributed by atoms with Gasteiger partial charge in [-0.3, -0.25) is 4.79 Å². The van der Waals surface area contributed by atoms with E-state index in [2.05, 4.69) is 26.1 Å². The van der Waals surface area contributed by atoms with Crippen molar-refractivity contribution in [3.63, 3.8) is 0 Å². The average molecular weight is 226 g/mol. The Labute approximate surface area is 99.6 Å². The van der Waals surface area contributed by atoms with Gasteiger partial charge in [0.05, 0.1) is 0 Å². The molecule has 1 amide bonds. The number of hydrogen-bond acceptors (Lipinski definition) is 2. The molecule has 16 heavy (non-hydrogen) atoms. The number of rotatable bonds is 6. The molecule has 1 saturated heterocycles. The van der Waals surface area contributed by atoms with Crippen molar-refractivity contribution in [2.75, 3.05) is 26.2 Å². The lowest BCUT2D eigenvalue weighted by atomic mass is 10.0. The summed E-state index contributed by atoms with van der Waals surface area (Å²) in [5.74, 6) is 1.53. The van der Waals surface area contributed by atoms with Gasteiger partial charge >= 0.3 is 0 Å². The Morgan fingerprint density at radius 2 is 2.25 bits per heavy atom. The van der Waals surface area contributed by atoms with Gasteiger partial charge in [-0.15, -0.1) is 0 Å². The summed E-state index contributed by atoms with van der Waals surface area (Å²) in [4.78, 5) is 14.1. The SMILES string of the molecule is CCC(C)CN(CC)C(=O)CC1CCNC1. The van der Waals surface area contributed by atoms with Crippen LogP contribution in [0.4, 0.5) is 0 Å². The molecule has 1 aliphatic rings. The lowest BCUT2D eigenvalue weighted by molar-refractivity contribution is -0.132. The number of carbonyl (C=O) groups excluding carboxylic acids is 1. The van der Waals surface area contributed by atoms with Crippen molar-refractivity contribution >= 4 is 5.91 Å². The van der Waals surface area contributed by atoms with E-state index in [1.165, 1.54) is 0 Å². The maximum absolute atomic E-state index is 12.1. The van der Waals surface area contributed by atoms with Crippen molar-refractivity contribution in [1.82, 2.24) is 10.2 Å². The first-order valence-electron chi connectivity index (χ1n) is 6.65. The first-order chi connectivity index (χ1) is 7.67. The van der Waals surface area contributed by atoms with Crippen LogP contribution in [0, 0.1) is 11.8 Å². The lowest BCUT2D eigenvalue weighted by Gasteiger charge is -2.25. The number of nitrogens with zero attached hydrogens (tertiary/aromatic N) is 1. The monoisotopic (exact) mass is 226 g/mol. The van der Waals surface area contributed by atoms with Crippen molar-refractivity contribution in [3.05, 3.63) is 0 Å². The van der Waals surface area contributed by atoms with Gasteiger partial charge in [0.2, 0.25) is 5.91 Å². The molecule has 3 heteroatoms. The second kappa shape index (κ2) is 6.89. The highest BCUT2D eigenvalue weighted by Gasteiger charge is 2.21. The van der Waals surface area contributed by atoms with Gasteiger partial charge in [0, 0.05) is 19.5 Å². The Kier molecular flexibility index (Phi) is 5.81. The summed E-state index contributed by atoms with van der Waals surface area (Å²) < 4.78 is 0. The highest BCUT2D eigenvalue weighted by Crippen LogP contribution is 2.15. The van der Waals surface area contributed by atoms with Crippen molar-refractivity contribution in [2.24, 2.45) is 11.8 Å². The molecular weight excluding hydrogens is 200 g/mol. The Morgan fingerprint density at radius 1 is 1.50 bits per heavy atom. The minimum absolute atomic E-state index is 0.344. The minimum Gasteiger partial charge on any atom is -0.343 e. The van der Waals surface area contributed by atoms with Crippen LogP contribution in [0.3, 0.4) is 0 Å². The molecular formula is C13H26N2O. The van der Waals surface area contributed by atoms with E-state index in [0.717, 1.165) is 45.4 Å². The Morgan fingerprint density at radius 3 is 2.75 bits per heavy atom. The summed E-state index contributed by atoms with van der Waals surface area (Å²) in [6.45, 7) is 10.3. The van der Waals surface area contributed by atoms with Gasteiger partial charge < -0.3 is 10.2 Å². The third-order valence-electron chi connectivity index (χ3n) is 3.59. The van der Waals surface area contributed by atoms with E-state index >= 15 is 0 Å². The predicted octanol–water partition coefficient (Wildman–Crippen LogP) is 1.88. The van der Waals surface area contributed by atoms with Crippen LogP contribution in [-0.2, 0) is 4.79 Å². The van der Waals surface area contributed by atoms with Crippen LogP contribution in [0.1, 0.15) is 40.0 Å². The molecule has 1 heterocycles. The molecule has 0 aromatic carbocycles. The van der Waals surface area contributed by atoms with Crippen LogP contribution in [0.25, 0.3) is 0 Å². The van der Waals surface area contributed by atoms with E-state index in [1.807, 2.05) is 4.90 Å². The molecule has 0 radical (unpaired) electrons. The van der Waals surface area contributed by atoms with E-state index in [-0.39, 0.29) is 0 Å². The highest BCUT2D eigenvalue weighted by molar-refractivity contribution is 5.76. The summed E-state index contributed by atoms with van der Waals surface area (Å²) in [6, 6.07) is 0. The molecule has 3 nitrogen and oxygen atoms in total. The molecule has 0 aromatic rings. The van der Waals surface area contributed by atoms with Gasteiger partial charge in [-0.2, -0.15) is 0 Å². The lowest BCUT2D eigenvalue weighted by Crippen LogP contribution is -2.35. The first kappa shape index (κ1) is 13.5. The molecule has 0 spiro atoms. The van der Waals surface area contributed by atoms with Crippen molar-refractivity contribution in [1.29, 1.82) is 0 Å². The maximum Gasteiger partial charge on any atom is 0.222 e. The summed E-state index contributed by atoms with van der Waals surface area (Å²) in [7, 11) is 0. The van der Waals surface area contributed by atoms with Gasteiger partial charge in [-0.05, 0) is 38.3 Å². The second-order valence-corrected chi connectivity index (χ2v) is 5.01. The zero-order valence-electron chi connectivity index (χ0n) is 11.0. The maximum atomic E-state index is 12.1. The Hall–Kier alpha value is -0.570. The molecule has 2 atom stereocenters. The quantitative estimate of drug-likeness (QED) is 0.750. The van der Waals surface area contributed by atoms with Gasteiger partial charge in [0.15, 0.2) is 0 Å². The summed E-state index contributed by atoms with van der Waals surface area (Å²) in [5, 5.41) is 3.32. The molecule has 1 N–H and O–H groups in total. The van der Waals surface area contributed by atoms with E-state index in [4.69, 9.17) is 0 Å². The molecule has 0 aliphatic carbocycles. The zero-order valence-corrected chi connectivity index (χ0v) is 11.0. The Balaban J connectivity index is 2.35. The van der Waals surface area contributed by atoms with E-state index in [9.17, 15) is 4.79 Å². The summed E-state index contributed by atoms with van der Waals surface area (Å²) >= 11 is 0. The van der Waals surface area contributed by atoms with Crippen molar-refractivity contribution in [2.45, 2.75) is 40.0 Å². The fourth-order valence-corrected chi connectivity index (χ4v) is 2.18. The summed E-state index contributed by atoms with van der Waals surface area (Å²) in [5.41, 5.74) is 0. The molecule has 0 bridgehead atoms. The van der Waals surface area contributed by atoms with Crippen molar-refractivity contribution in [3.8, 4) is 0 Å². The van der Waals surface area contributed by atoms with E-state index in [1.54, 1.807) is 0 Å². The van der Waals surface area contributed by atoms with Gasteiger partial charge in [-0.25, -0.2) is 0 Å². The van der Waals surface area contributed by atoms with Gasteiger partial charge in [0.25, 0.3) is 0 Å². The van der Waals surface area contributed by atoms with Gasteiger partial charge in [0.1, 0.15) is 0 Å². The van der Waals surface area contributed by atoms with E-state index < -0.39 is 0 Å². The molecule has 1 rings (SSSR count). The zero-order chi connectivity index (χ0) is 12.0. The van der Waals surface area contributed by atoms with Crippen molar-refractivity contribution < 1.29 is 4.79 Å². The number of nitrogens with one attached hydrogen (secondary N) is 1. The standard InChI is InChI=1S/C13H26N2O/c1-4-11(3)10-15(5-2)13(16)8-12-6-7-14-9-12/h11-12,14H,4-10H2,1-3H3. The molecule has 1 fully saturated rings. The largest absolute Gasteiger partial charge is 0.343 e. The van der Waals surface area contributed by atoms with Crippen LogP contribution < -0.4 is 5.32 Å². The first-order valence-corrected chi connectivity index (χ1v) is 6.65. The van der Waals surface area contributed by atoms with Crippen LogP contribution in [-0.4, -0.2) is 37.0 Å². The number of carbonyl (C=O) groups is 1. The highest BCUT2D eigenvalue weighted by atomic mass is 16.2. The fourth-order valence-electron chi connectivity index (χ4n) is 2.18. The fraction of sp³-hybridized carbons (Fsp3) is 0.923. The normalized spacial score (nSPS) is 22.1. The minimum atomic E-state index is 0.344. The predicted molar refractivity (Wildman–Crippen MR) is 67.3 cm³/mol. The third kappa shape index (κ3) is 4.12. The van der Waals surface area contributed by atoms with E-state index in [0.29, 0.717) is 17.7 Å². The van der Waals surface area contributed by atoms with Crippen LogP contribution in [0.5, 0.6) is 0 Å². The molecule has 2 unspecified atom stereocenters. The number of amides is 1. The van der Waals surface area contributed by atoms with Crippen LogP contribution in [0.15, 0.2) is 0 Å².